The molecule has 0 radical (unpaired) electrons. The summed E-state index contributed by atoms with van der Waals surface area (Å²) in [7, 11) is 0. The Labute approximate surface area is 126 Å². The summed E-state index contributed by atoms with van der Waals surface area (Å²) >= 11 is 0. The van der Waals surface area contributed by atoms with E-state index in [1.54, 1.807) is 0 Å². The number of anilines is 1. The van der Waals surface area contributed by atoms with Gasteiger partial charge in [0.2, 0.25) is 0 Å². The van der Waals surface area contributed by atoms with Crippen LogP contribution in [-0.4, -0.2) is 26.3 Å². The fraction of sp³-hybridized carbons (Fsp3) is 0.562. The lowest BCUT2D eigenvalue weighted by Gasteiger charge is -2.10. The number of hydrogen-bond acceptors (Lipinski definition) is 4. The van der Waals surface area contributed by atoms with E-state index < -0.39 is 0 Å². The summed E-state index contributed by atoms with van der Waals surface area (Å²) in [5, 5.41) is 7.73. The third-order valence-corrected chi connectivity index (χ3v) is 3.22. The largest absolute Gasteiger partial charge is 0.370 e. The lowest BCUT2D eigenvalue weighted by atomic mass is 10.2. The minimum Gasteiger partial charge on any atom is -0.370 e. The molecule has 0 saturated heterocycles. The molecule has 1 N–H and O–H groups in total. The molecule has 0 bridgehead atoms. The molecule has 0 spiro atoms. The molecular formula is C16H25N5. The number of hydrogen-bond donors (Lipinski definition) is 1. The molecule has 0 amide bonds. The molecule has 5 heteroatoms. The zero-order valence-corrected chi connectivity index (χ0v) is 13.3. The smallest absolute Gasteiger partial charge is 0.180 e. The van der Waals surface area contributed by atoms with Gasteiger partial charge in [0.1, 0.15) is 11.5 Å². The maximum Gasteiger partial charge on any atom is 0.180 e. The molecule has 0 aliphatic heterocycles. The van der Waals surface area contributed by atoms with Crippen LogP contribution in [0.3, 0.4) is 0 Å². The Balaban J connectivity index is 2.36. The van der Waals surface area contributed by atoms with Crippen molar-refractivity contribution >= 4 is 5.82 Å². The van der Waals surface area contributed by atoms with E-state index >= 15 is 0 Å². The average molecular weight is 287 g/mol. The van der Waals surface area contributed by atoms with Gasteiger partial charge < -0.3 is 5.32 Å². The molecule has 0 saturated carbocycles. The molecular weight excluding hydrogens is 262 g/mol. The molecule has 114 valence electrons. The van der Waals surface area contributed by atoms with E-state index in [0.717, 1.165) is 61.8 Å². The van der Waals surface area contributed by atoms with Gasteiger partial charge in [-0.2, -0.15) is 5.10 Å². The van der Waals surface area contributed by atoms with Crippen molar-refractivity contribution in [2.45, 2.75) is 53.0 Å². The number of aryl methyl sites for hydroxylation is 2. The van der Waals surface area contributed by atoms with Crippen LogP contribution in [0.1, 0.15) is 45.7 Å². The Kier molecular flexibility index (Phi) is 5.72. The predicted molar refractivity (Wildman–Crippen MR) is 86.3 cm³/mol. The van der Waals surface area contributed by atoms with Gasteiger partial charge in [-0.3, -0.25) is 4.68 Å². The second-order valence-electron chi connectivity index (χ2n) is 5.18. The van der Waals surface area contributed by atoms with E-state index in [4.69, 9.17) is 4.98 Å². The van der Waals surface area contributed by atoms with Gasteiger partial charge >= 0.3 is 0 Å². The second kappa shape index (κ2) is 7.76. The Morgan fingerprint density at radius 1 is 1.10 bits per heavy atom. The first kappa shape index (κ1) is 15.5. The molecule has 2 aromatic rings. The van der Waals surface area contributed by atoms with Crippen molar-refractivity contribution in [2.75, 3.05) is 11.9 Å². The minimum absolute atomic E-state index is 0.769. The van der Waals surface area contributed by atoms with Gasteiger partial charge in [0.25, 0.3) is 0 Å². The van der Waals surface area contributed by atoms with Crippen molar-refractivity contribution < 1.29 is 0 Å². The van der Waals surface area contributed by atoms with Crippen LogP contribution < -0.4 is 5.32 Å². The van der Waals surface area contributed by atoms with Crippen LogP contribution >= 0.6 is 0 Å². The number of aromatic nitrogens is 4. The molecule has 0 aliphatic rings. The highest BCUT2D eigenvalue weighted by Gasteiger charge is 2.11. The summed E-state index contributed by atoms with van der Waals surface area (Å²) in [6, 6.07) is 4.05. The zero-order chi connectivity index (χ0) is 15.1. The second-order valence-corrected chi connectivity index (χ2v) is 5.18. The van der Waals surface area contributed by atoms with Crippen molar-refractivity contribution in [3.05, 3.63) is 24.0 Å². The molecule has 2 rings (SSSR count). The third kappa shape index (κ3) is 4.03. The van der Waals surface area contributed by atoms with E-state index in [1.165, 1.54) is 0 Å². The highest BCUT2D eigenvalue weighted by atomic mass is 15.3. The summed E-state index contributed by atoms with van der Waals surface area (Å²) in [5.74, 6) is 1.68. The summed E-state index contributed by atoms with van der Waals surface area (Å²) in [6.45, 7) is 8.28. The minimum atomic E-state index is 0.769. The van der Waals surface area contributed by atoms with Crippen molar-refractivity contribution in [3.63, 3.8) is 0 Å². The molecule has 5 nitrogen and oxygen atoms in total. The van der Waals surface area contributed by atoms with Gasteiger partial charge in [0, 0.05) is 31.0 Å². The first-order valence-electron chi connectivity index (χ1n) is 7.92. The lowest BCUT2D eigenvalue weighted by molar-refractivity contribution is 0.606. The fourth-order valence-corrected chi connectivity index (χ4v) is 2.25. The number of nitrogens with zero attached hydrogens (tertiary/aromatic N) is 4. The van der Waals surface area contributed by atoms with Gasteiger partial charge in [-0.05, 0) is 25.3 Å². The molecule has 0 atom stereocenters. The maximum atomic E-state index is 4.70. The van der Waals surface area contributed by atoms with Crippen LogP contribution in [0.25, 0.3) is 11.5 Å². The van der Waals surface area contributed by atoms with Gasteiger partial charge in [-0.1, -0.05) is 27.2 Å². The molecule has 2 heterocycles. The van der Waals surface area contributed by atoms with E-state index in [-0.39, 0.29) is 0 Å². The Bertz CT molecular complexity index is 562. The van der Waals surface area contributed by atoms with Gasteiger partial charge in [0.05, 0.1) is 0 Å². The third-order valence-electron chi connectivity index (χ3n) is 3.22. The summed E-state index contributed by atoms with van der Waals surface area (Å²) in [5.41, 5.74) is 2.08. The van der Waals surface area contributed by atoms with Crippen LogP contribution in [-0.2, 0) is 13.0 Å². The quantitative estimate of drug-likeness (QED) is 0.807. The zero-order valence-electron chi connectivity index (χ0n) is 13.3. The van der Waals surface area contributed by atoms with Crippen molar-refractivity contribution in [2.24, 2.45) is 0 Å². The van der Waals surface area contributed by atoms with Crippen molar-refractivity contribution in [1.29, 1.82) is 0 Å². The standard InChI is InChI=1S/C16H25N5/c1-4-7-13-12-15(17-9-5-2)20-16(19-13)14-8-10-18-21(14)11-6-3/h8,10,12H,4-7,9,11H2,1-3H3,(H,17,19,20). The number of rotatable bonds is 8. The molecule has 0 aromatic carbocycles. The van der Waals surface area contributed by atoms with E-state index in [1.807, 2.05) is 16.9 Å². The van der Waals surface area contributed by atoms with Gasteiger partial charge in [-0.15, -0.1) is 0 Å². The summed E-state index contributed by atoms with van der Waals surface area (Å²) in [4.78, 5) is 9.36. The van der Waals surface area contributed by atoms with E-state index in [9.17, 15) is 0 Å². The van der Waals surface area contributed by atoms with Crippen LogP contribution in [0.4, 0.5) is 5.82 Å². The Morgan fingerprint density at radius 3 is 2.67 bits per heavy atom. The Morgan fingerprint density at radius 2 is 1.95 bits per heavy atom. The predicted octanol–water partition coefficient (Wildman–Crippen LogP) is 3.52. The average Bonchev–Trinajstić information content (AvgIpc) is 2.94. The summed E-state index contributed by atoms with van der Waals surface area (Å²) < 4.78 is 1.98. The monoisotopic (exact) mass is 287 g/mol. The first-order valence-corrected chi connectivity index (χ1v) is 7.92. The van der Waals surface area contributed by atoms with E-state index in [2.05, 4.69) is 42.2 Å². The Hall–Kier alpha value is -1.91. The SMILES string of the molecule is CCCNc1cc(CCC)nc(-c2ccnn2CCC)n1. The topological polar surface area (TPSA) is 55.6 Å². The molecule has 0 fully saturated rings. The summed E-state index contributed by atoms with van der Waals surface area (Å²) in [6.07, 6.45) is 6.00. The molecule has 21 heavy (non-hydrogen) atoms. The normalized spacial score (nSPS) is 10.8. The van der Waals surface area contributed by atoms with Crippen molar-refractivity contribution in [1.82, 2.24) is 19.7 Å². The highest BCUT2D eigenvalue weighted by molar-refractivity contribution is 5.53. The number of nitrogens with one attached hydrogen (secondary N) is 1. The first-order chi connectivity index (χ1) is 10.3. The molecule has 2 aromatic heterocycles. The maximum absolute atomic E-state index is 4.70. The lowest BCUT2D eigenvalue weighted by Crippen LogP contribution is -2.08. The van der Waals surface area contributed by atoms with Crippen molar-refractivity contribution in [3.8, 4) is 11.5 Å². The van der Waals surface area contributed by atoms with Gasteiger partial charge in [-0.25, -0.2) is 9.97 Å². The molecule has 0 aliphatic carbocycles. The fourth-order valence-electron chi connectivity index (χ4n) is 2.25. The molecule has 0 unspecified atom stereocenters. The van der Waals surface area contributed by atoms with Crippen LogP contribution in [0.2, 0.25) is 0 Å². The van der Waals surface area contributed by atoms with Crippen LogP contribution in [0.5, 0.6) is 0 Å². The van der Waals surface area contributed by atoms with Crippen LogP contribution in [0.15, 0.2) is 18.3 Å². The van der Waals surface area contributed by atoms with E-state index in [0.29, 0.717) is 0 Å². The van der Waals surface area contributed by atoms with Gasteiger partial charge in [0.15, 0.2) is 5.82 Å². The highest BCUT2D eigenvalue weighted by Crippen LogP contribution is 2.19. The van der Waals surface area contributed by atoms with Crippen LogP contribution in [0, 0.1) is 0 Å².